The number of rotatable bonds is 2. The summed E-state index contributed by atoms with van der Waals surface area (Å²) in [7, 11) is 0. The second-order valence-corrected chi connectivity index (χ2v) is 4.03. The highest BCUT2D eigenvalue weighted by molar-refractivity contribution is 5.60. The van der Waals surface area contributed by atoms with E-state index >= 15 is 0 Å². The lowest BCUT2D eigenvalue weighted by atomic mass is 10.2. The summed E-state index contributed by atoms with van der Waals surface area (Å²) in [4.78, 5) is 4.10. The Morgan fingerprint density at radius 3 is 2.65 bits per heavy atom. The third-order valence-electron chi connectivity index (χ3n) is 2.54. The molecule has 3 N–H and O–H groups in total. The molecular weight excluding hydrogens is 217 g/mol. The summed E-state index contributed by atoms with van der Waals surface area (Å²) in [5, 5.41) is 2.93. The molecule has 0 radical (unpaired) electrons. The molecule has 0 bridgehead atoms. The average Bonchev–Trinajstić information content (AvgIpc) is 2.27. The fourth-order valence-corrected chi connectivity index (χ4v) is 1.49. The van der Waals surface area contributed by atoms with E-state index in [1.807, 2.05) is 19.9 Å². The molecule has 0 saturated heterocycles. The highest BCUT2D eigenvalue weighted by Crippen LogP contribution is 2.21. The summed E-state index contributed by atoms with van der Waals surface area (Å²) >= 11 is 0. The number of pyridine rings is 1. The zero-order valence-corrected chi connectivity index (χ0v) is 9.79. The topological polar surface area (TPSA) is 50.9 Å². The Hall–Kier alpha value is -2.10. The number of nitrogens with one attached hydrogen (secondary N) is 1. The Kier molecular flexibility index (Phi) is 2.95. The Bertz CT molecular complexity index is 552. The first-order valence-corrected chi connectivity index (χ1v) is 5.31. The number of anilines is 3. The van der Waals surface area contributed by atoms with Gasteiger partial charge in [0.1, 0.15) is 11.6 Å². The number of benzene rings is 1. The lowest BCUT2D eigenvalue weighted by Gasteiger charge is -2.08. The van der Waals surface area contributed by atoms with Crippen molar-refractivity contribution in [3.63, 3.8) is 0 Å². The molecule has 0 saturated carbocycles. The van der Waals surface area contributed by atoms with Crippen LogP contribution in [0, 0.1) is 19.7 Å². The third-order valence-corrected chi connectivity index (χ3v) is 2.54. The molecule has 0 aliphatic heterocycles. The standard InChI is InChI=1S/C13H14FN3/c1-8-3-4-12(10(14)5-8)17-13-6-9(2)11(15)7-16-13/h3-7H,15H2,1-2H3,(H,16,17). The lowest BCUT2D eigenvalue weighted by Crippen LogP contribution is -1.99. The highest BCUT2D eigenvalue weighted by atomic mass is 19.1. The normalized spacial score (nSPS) is 10.3. The molecule has 1 aromatic carbocycles. The number of aryl methyl sites for hydroxylation is 2. The van der Waals surface area contributed by atoms with Gasteiger partial charge >= 0.3 is 0 Å². The van der Waals surface area contributed by atoms with Gasteiger partial charge in [0.2, 0.25) is 0 Å². The van der Waals surface area contributed by atoms with Crippen molar-refractivity contribution in [3.8, 4) is 0 Å². The first-order chi connectivity index (χ1) is 8.06. The van der Waals surface area contributed by atoms with Gasteiger partial charge < -0.3 is 11.1 Å². The number of hydrogen-bond donors (Lipinski definition) is 2. The molecule has 0 spiro atoms. The minimum atomic E-state index is -0.290. The van der Waals surface area contributed by atoms with Gasteiger partial charge in [0, 0.05) is 0 Å². The van der Waals surface area contributed by atoms with E-state index in [9.17, 15) is 4.39 Å². The van der Waals surface area contributed by atoms with Crippen molar-refractivity contribution in [1.29, 1.82) is 0 Å². The number of nitrogen functional groups attached to an aromatic ring is 1. The second kappa shape index (κ2) is 4.41. The van der Waals surface area contributed by atoms with E-state index in [1.54, 1.807) is 18.3 Å². The van der Waals surface area contributed by atoms with E-state index < -0.39 is 0 Å². The molecule has 0 unspecified atom stereocenters. The van der Waals surface area contributed by atoms with Crippen LogP contribution >= 0.6 is 0 Å². The predicted octanol–water partition coefficient (Wildman–Crippen LogP) is 3.16. The van der Waals surface area contributed by atoms with Crippen LogP contribution in [0.25, 0.3) is 0 Å². The maximum absolute atomic E-state index is 13.6. The van der Waals surface area contributed by atoms with Crippen molar-refractivity contribution < 1.29 is 4.39 Å². The van der Waals surface area contributed by atoms with Crippen LogP contribution < -0.4 is 11.1 Å². The summed E-state index contributed by atoms with van der Waals surface area (Å²) < 4.78 is 13.6. The minimum absolute atomic E-state index is 0.290. The largest absolute Gasteiger partial charge is 0.397 e. The van der Waals surface area contributed by atoms with Gasteiger partial charge in [-0.05, 0) is 43.2 Å². The zero-order valence-electron chi connectivity index (χ0n) is 9.79. The van der Waals surface area contributed by atoms with Crippen LogP contribution in [0.15, 0.2) is 30.5 Å². The SMILES string of the molecule is Cc1ccc(Nc2cc(C)c(N)cn2)c(F)c1. The zero-order chi connectivity index (χ0) is 12.4. The quantitative estimate of drug-likeness (QED) is 0.834. The number of aromatic nitrogens is 1. The Labute approximate surface area is 99.5 Å². The van der Waals surface area contributed by atoms with Crippen molar-refractivity contribution in [2.45, 2.75) is 13.8 Å². The van der Waals surface area contributed by atoms with Gasteiger partial charge in [-0.2, -0.15) is 0 Å². The smallest absolute Gasteiger partial charge is 0.146 e. The van der Waals surface area contributed by atoms with Crippen LogP contribution in [0.2, 0.25) is 0 Å². The third kappa shape index (κ3) is 2.53. The van der Waals surface area contributed by atoms with E-state index in [4.69, 9.17) is 5.73 Å². The van der Waals surface area contributed by atoms with E-state index in [1.165, 1.54) is 6.07 Å². The second-order valence-electron chi connectivity index (χ2n) is 4.03. The summed E-state index contributed by atoms with van der Waals surface area (Å²) in [5.74, 6) is 0.292. The first-order valence-electron chi connectivity index (χ1n) is 5.31. The molecule has 1 heterocycles. The van der Waals surface area contributed by atoms with Gasteiger partial charge in [0.25, 0.3) is 0 Å². The Morgan fingerprint density at radius 1 is 1.24 bits per heavy atom. The van der Waals surface area contributed by atoms with Crippen molar-refractivity contribution in [3.05, 3.63) is 47.4 Å². The highest BCUT2D eigenvalue weighted by Gasteiger charge is 2.04. The maximum Gasteiger partial charge on any atom is 0.146 e. The molecule has 2 aromatic rings. The van der Waals surface area contributed by atoms with Crippen LogP contribution in [-0.4, -0.2) is 4.98 Å². The van der Waals surface area contributed by atoms with Crippen molar-refractivity contribution in [2.75, 3.05) is 11.1 Å². The molecule has 2 rings (SSSR count). The fourth-order valence-electron chi connectivity index (χ4n) is 1.49. The van der Waals surface area contributed by atoms with Crippen LogP contribution in [-0.2, 0) is 0 Å². The Balaban J connectivity index is 2.28. The van der Waals surface area contributed by atoms with Gasteiger partial charge in [-0.1, -0.05) is 6.07 Å². The molecule has 88 valence electrons. The number of nitrogens with zero attached hydrogens (tertiary/aromatic N) is 1. The maximum atomic E-state index is 13.6. The van der Waals surface area contributed by atoms with Crippen molar-refractivity contribution in [2.24, 2.45) is 0 Å². The van der Waals surface area contributed by atoms with Gasteiger partial charge in [-0.3, -0.25) is 0 Å². The van der Waals surface area contributed by atoms with Gasteiger partial charge in [-0.25, -0.2) is 9.37 Å². The molecular formula is C13H14FN3. The van der Waals surface area contributed by atoms with E-state index in [-0.39, 0.29) is 5.82 Å². The van der Waals surface area contributed by atoms with Crippen LogP contribution in [0.1, 0.15) is 11.1 Å². The number of nitrogens with two attached hydrogens (primary N) is 1. The molecule has 0 fully saturated rings. The summed E-state index contributed by atoms with van der Waals surface area (Å²) in [6.07, 6.45) is 1.56. The van der Waals surface area contributed by atoms with Crippen LogP contribution in [0.3, 0.4) is 0 Å². The molecule has 0 aliphatic rings. The molecule has 0 atom stereocenters. The monoisotopic (exact) mass is 231 g/mol. The minimum Gasteiger partial charge on any atom is -0.397 e. The van der Waals surface area contributed by atoms with Crippen LogP contribution in [0.5, 0.6) is 0 Å². The lowest BCUT2D eigenvalue weighted by molar-refractivity contribution is 0.630. The van der Waals surface area contributed by atoms with Crippen LogP contribution in [0.4, 0.5) is 21.6 Å². The van der Waals surface area contributed by atoms with E-state index in [0.717, 1.165) is 11.1 Å². The molecule has 1 aromatic heterocycles. The van der Waals surface area contributed by atoms with Gasteiger partial charge in [0.05, 0.1) is 17.6 Å². The number of hydrogen-bond acceptors (Lipinski definition) is 3. The molecule has 0 aliphatic carbocycles. The summed E-state index contributed by atoms with van der Waals surface area (Å²) in [5.41, 5.74) is 8.50. The molecule has 17 heavy (non-hydrogen) atoms. The molecule has 0 amide bonds. The van der Waals surface area contributed by atoms with E-state index in [0.29, 0.717) is 17.2 Å². The van der Waals surface area contributed by atoms with Crippen molar-refractivity contribution >= 4 is 17.2 Å². The van der Waals surface area contributed by atoms with Gasteiger partial charge in [-0.15, -0.1) is 0 Å². The summed E-state index contributed by atoms with van der Waals surface area (Å²) in [6.45, 7) is 3.73. The number of halogens is 1. The average molecular weight is 231 g/mol. The van der Waals surface area contributed by atoms with Crippen molar-refractivity contribution in [1.82, 2.24) is 4.98 Å². The fraction of sp³-hybridized carbons (Fsp3) is 0.154. The summed E-state index contributed by atoms with van der Waals surface area (Å²) in [6, 6.07) is 6.80. The van der Waals surface area contributed by atoms with E-state index in [2.05, 4.69) is 10.3 Å². The predicted molar refractivity (Wildman–Crippen MR) is 67.8 cm³/mol. The first kappa shape index (κ1) is 11.4. The molecule has 3 nitrogen and oxygen atoms in total. The Morgan fingerprint density at radius 2 is 2.00 bits per heavy atom. The van der Waals surface area contributed by atoms with Gasteiger partial charge in [0.15, 0.2) is 0 Å². The molecule has 4 heteroatoms.